The maximum Gasteiger partial charge on any atom is 0.133 e. The third kappa shape index (κ3) is 3.64. The summed E-state index contributed by atoms with van der Waals surface area (Å²) in [5, 5.41) is 0.854. The van der Waals surface area contributed by atoms with Crippen molar-refractivity contribution in [1.29, 1.82) is 0 Å². The Kier molecular flexibility index (Phi) is 4.79. The maximum absolute atomic E-state index is 14.0. The van der Waals surface area contributed by atoms with E-state index in [0.29, 0.717) is 32.5 Å². The summed E-state index contributed by atoms with van der Waals surface area (Å²) < 4.78 is 28.4. The van der Waals surface area contributed by atoms with Crippen LogP contribution in [0.5, 0.6) is 0 Å². The van der Waals surface area contributed by atoms with Crippen LogP contribution in [0.2, 0.25) is 0 Å². The van der Waals surface area contributed by atoms with Crippen LogP contribution < -0.4 is 15.5 Å². The lowest BCUT2D eigenvalue weighted by molar-refractivity contribution is 0.251. The van der Waals surface area contributed by atoms with Gasteiger partial charge >= 0.3 is 0 Å². The first-order valence-corrected chi connectivity index (χ1v) is 10.6. The molecule has 0 aromatic carbocycles. The normalized spacial score (nSPS) is 25.1. The molecule has 6 nitrogen and oxygen atoms in total. The summed E-state index contributed by atoms with van der Waals surface area (Å²) in [6, 6.07) is 5.46. The van der Waals surface area contributed by atoms with Crippen LogP contribution in [-0.2, 0) is 0 Å². The fourth-order valence-electron chi connectivity index (χ4n) is 3.87. The zero-order valence-electron chi connectivity index (χ0n) is 15.8. The van der Waals surface area contributed by atoms with Crippen molar-refractivity contribution in [1.82, 2.24) is 15.0 Å². The molecule has 29 heavy (non-hydrogen) atoms. The Morgan fingerprint density at radius 2 is 1.79 bits per heavy atom. The lowest BCUT2D eigenvalue weighted by atomic mass is 10.0. The number of hydrogen-bond donors (Lipinski definition) is 1. The number of pyridine rings is 2. The number of alkyl halides is 2. The molecule has 0 saturated carbocycles. The number of rotatable bonds is 3. The van der Waals surface area contributed by atoms with E-state index in [2.05, 4.69) is 15.0 Å². The summed E-state index contributed by atoms with van der Waals surface area (Å²) >= 11 is 1.56. The van der Waals surface area contributed by atoms with Gasteiger partial charge in [0, 0.05) is 37.0 Å². The molecular weight excluding hydrogens is 394 g/mol. The highest BCUT2D eigenvalue weighted by molar-refractivity contribution is 7.21. The first kappa shape index (κ1) is 18.6. The molecule has 5 heterocycles. The summed E-state index contributed by atoms with van der Waals surface area (Å²) in [6.45, 7) is 2.08. The minimum absolute atomic E-state index is 0.271. The number of piperidine rings is 1. The Bertz CT molecular complexity index is 1010. The van der Waals surface area contributed by atoms with E-state index in [4.69, 9.17) is 5.73 Å². The van der Waals surface area contributed by atoms with Crippen molar-refractivity contribution in [2.75, 3.05) is 36.0 Å². The number of nitrogens with two attached hydrogens (primary N) is 1. The van der Waals surface area contributed by atoms with Crippen LogP contribution in [0.15, 0.2) is 30.6 Å². The first-order valence-electron chi connectivity index (χ1n) is 9.83. The van der Waals surface area contributed by atoms with Gasteiger partial charge in [0.05, 0.1) is 24.0 Å². The largest absolute Gasteiger partial charge is 0.354 e. The molecule has 3 aromatic heterocycles. The number of fused-ring (bicyclic) bond motifs is 1. The molecule has 3 aromatic rings. The van der Waals surface area contributed by atoms with Gasteiger partial charge in [-0.25, -0.2) is 23.7 Å². The van der Waals surface area contributed by atoms with Gasteiger partial charge in [-0.3, -0.25) is 0 Å². The zero-order valence-corrected chi connectivity index (χ0v) is 16.7. The first-order chi connectivity index (χ1) is 14.1. The smallest absolute Gasteiger partial charge is 0.133 e. The highest BCUT2D eigenvalue weighted by Gasteiger charge is 2.27. The Labute approximate surface area is 171 Å². The fraction of sp³-hybridized carbons (Fsp3) is 0.450. The third-order valence-corrected chi connectivity index (χ3v) is 6.69. The Balaban J connectivity index is 1.37. The molecule has 2 fully saturated rings. The van der Waals surface area contributed by atoms with Gasteiger partial charge in [-0.2, -0.15) is 0 Å². The minimum Gasteiger partial charge on any atom is -0.354 e. The minimum atomic E-state index is -1.04. The van der Waals surface area contributed by atoms with Crippen molar-refractivity contribution in [2.45, 2.75) is 31.2 Å². The van der Waals surface area contributed by atoms with Gasteiger partial charge < -0.3 is 15.5 Å². The number of hydrogen-bond acceptors (Lipinski definition) is 7. The van der Waals surface area contributed by atoms with Crippen LogP contribution in [0, 0.1) is 0 Å². The summed E-state index contributed by atoms with van der Waals surface area (Å²) in [5.74, 6) is 1.55. The second-order valence-corrected chi connectivity index (χ2v) is 8.71. The van der Waals surface area contributed by atoms with Crippen molar-refractivity contribution in [3.05, 3.63) is 30.6 Å². The van der Waals surface area contributed by atoms with Gasteiger partial charge in [0.2, 0.25) is 0 Å². The molecular formula is C20H22F2N6S. The zero-order chi connectivity index (χ0) is 20.0. The van der Waals surface area contributed by atoms with Crippen LogP contribution in [0.4, 0.5) is 20.4 Å². The highest BCUT2D eigenvalue weighted by atomic mass is 32.1. The van der Waals surface area contributed by atoms with Crippen LogP contribution in [-0.4, -0.2) is 59.5 Å². The molecule has 9 heteroatoms. The number of anilines is 2. The topological polar surface area (TPSA) is 71.2 Å². The maximum atomic E-state index is 14.0. The molecule has 2 saturated heterocycles. The Hall–Kier alpha value is -2.39. The summed E-state index contributed by atoms with van der Waals surface area (Å²) in [6.07, 6.45) is 2.89. The lowest BCUT2D eigenvalue weighted by Gasteiger charge is -2.33. The van der Waals surface area contributed by atoms with E-state index in [1.165, 1.54) is 0 Å². The van der Waals surface area contributed by atoms with Crippen molar-refractivity contribution >= 4 is 33.2 Å². The standard InChI is InChI=1S/C20H22F2N6S/c21-13-3-5-27(10-13)18-2-1-12(8-24-18)20-26-16-9-25-19(7-17(16)29-20)28-6-4-15(23)14(22)11-28/h1-2,7-9,13-15H,3-6,10-11,23H2. The summed E-state index contributed by atoms with van der Waals surface area (Å²) in [4.78, 5) is 17.5. The van der Waals surface area contributed by atoms with Gasteiger partial charge in [-0.15, -0.1) is 11.3 Å². The predicted molar refractivity (Wildman–Crippen MR) is 112 cm³/mol. The molecule has 0 bridgehead atoms. The van der Waals surface area contributed by atoms with E-state index in [9.17, 15) is 8.78 Å². The highest BCUT2D eigenvalue weighted by Crippen LogP contribution is 2.33. The van der Waals surface area contributed by atoms with E-state index >= 15 is 0 Å². The number of thiazole rings is 1. The summed E-state index contributed by atoms with van der Waals surface area (Å²) in [7, 11) is 0. The van der Waals surface area contributed by atoms with Gasteiger partial charge in [-0.05, 0) is 25.0 Å². The second kappa shape index (κ2) is 7.46. The molecule has 2 N–H and O–H groups in total. The van der Waals surface area contributed by atoms with Crippen molar-refractivity contribution in [3.8, 4) is 10.6 Å². The van der Waals surface area contributed by atoms with Crippen LogP contribution >= 0.6 is 11.3 Å². The van der Waals surface area contributed by atoms with E-state index < -0.39 is 18.4 Å². The molecule has 152 valence electrons. The van der Waals surface area contributed by atoms with Crippen LogP contribution in [0.25, 0.3) is 20.8 Å². The third-order valence-electron chi connectivity index (χ3n) is 5.63. The SMILES string of the molecule is NC1CCN(c2cc3sc(-c4ccc(N5CCC(F)C5)nc4)nc3cn2)CC1F. The Morgan fingerprint density at radius 1 is 1.00 bits per heavy atom. The van der Waals surface area contributed by atoms with Crippen LogP contribution in [0.3, 0.4) is 0 Å². The van der Waals surface area contributed by atoms with Crippen molar-refractivity contribution in [3.63, 3.8) is 0 Å². The average molecular weight is 417 g/mol. The molecule has 0 aliphatic carbocycles. The van der Waals surface area contributed by atoms with Crippen molar-refractivity contribution < 1.29 is 8.78 Å². The molecule has 2 aliphatic rings. The molecule has 0 amide bonds. The molecule has 5 rings (SSSR count). The molecule has 2 aliphatic heterocycles. The van der Waals surface area contributed by atoms with E-state index in [1.54, 1.807) is 23.7 Å². The van der Waals surface area contributed by atoms with Gasteiger partial charge in [0.25, 0.3) is 0 Å². The second-order valence-electron chi connectivity index (χ2n) is 7.68. The van der Waals surface area contributed by atoms with E-state index in [1.807, 2.05) is 28.0 Å². The Morgan fingerprint density at radius 3 is 2.52 bits per heavy atom. The summed E-state index contributed by atoms with van der Waals surface area (Å²) in [5.41, 5.74) is 7.50. The lowest BCUT2D eigenvalue weighted by Crippen LogP contribution is -2.48. The van der Waals surface area contributed by atoms with Gasteiger partial charge in [0.15, 0.2) is 0 Å². The van der Waals surface area contributed by atoms with Gasteiger partial charge in [0.1, 0.15) is 34.5 Å². The van der Waals surface area contributed by atoms with Gasteiger partial charge in [-0.1, -0.05) is 0 Å². The number of nitrogens with zero attached hydrogens (tertiary/aromatic N) is 5. The fourth-order valence-corrected chi connectivity index (χ4v) is 4.83. The molecule has 0 spiro atoms. The molecule has 3 unspecified atom stereocenters. The average Bonchev–Trinajstić information content (AvgIpc) is 3.36. The van der Waals surface area contributed by atoms with E-state index in [0.717, 1.165) is 32.4 Å². The predicted octanol–water partition coefficient (Wildman–Crippen LogP) is 3.18. The molecule has 0 radical (unpaired) electrons. The quantitative estimate of drug-likeness (QED) is 0.707. The van der Waals surface area contributed by atoms with E-state index in [-0.39, 0.29) is 6.54 Å². The number of aromatic nitrogens is 3. The van der Waals surface area contributed by atoms with Crippen LogP contribution in [0.1, 0.15) is 12.8 Å². The monoisotopic (exact) mass is 416 g/mol. The molecule has 3 atom stereocenters. The van der Waals surface area contributed by atoms with Crippen molar-refractivity contribution in [2.24, 2.45) is 5.73 Å². The number of halogens is 2.